The van der Waals surface area contributed by atoms with Crippen LogP contribution in [0.3, 0.4) is 0 Å². The van der Waals surface area contributed by atoms with Gasteiger partial charge in [-0.25, -0.2) is 9.98 Å². The molecule has 1 aliphatic heterocycles. The molecule has 1 aliphatic rings. The Morgan fingerprint density at radius 1 is 1.44 bits per heavy atom. The number of hydrogen-bond donors (Lipinski definition) is 2. The highest BCUT2D eigenvalue weighted by Gasteiger charge is 2.09. The molecule has 25 heavy (non-hydrogen) atoms. The second-order valence-corrected chi connectivity index (χ2v) is 5.75. The van der Waals surface area contributed by atoms with Crippen molar-refractivity contribution in [3.63, 3.8) is 0 Å². The van der Waals surface area contributed by atoms with Gasteiger partial charge in [0, 0.05) is 31.4 Å². The minimum absolute atomic E-state index is 0. The molecular formula is C17H30IN5O2. The number of hydrogen-bond acceptors (Lipinski definition) is 5. The monoisotopic (exact) mass is 463 g/mol. The molecule has 0 atom stereocenters. The molecule has 1 saturated heterocycles. The minimum Gasteiger partial charge on any atom is -0.477 e. The quantitative estimate of drug-likeness (QED) is 0.251. The zero-order valence-electron chi connectivity index (χ0n) is 14.9. The third-order valence-corrected chi connectivity index (χ3v) is 3.77. The van der Waals surface area contributed by atoms with Crippen LogP contribution in [-0.4, -0.2) is 61.8 Å². The van der Waals surface area contributed by atoms with E-state index in [1.807, 2.05) is 12.1 Å². The molecule has 0 spiro atoms. The van der Waals surface area contributed by atoms with Gasteiger partial charge in [0.05, 0.1) is 26.4 Å². The number of halogens is 1. The van der Waals surface area contributed by atoms with Crippen molar-refractivity contribution in [1.82, 2.24) is 15.2 Å². The molecule has 0 aliphatic carbocycles. The molecule has 142 valence electrons. The average molecular weight is 463 g/mol. The van der Waals surface area contributed by atoms with E-state index in [0.717, 1.165) is 57.8 Å². The molecule has 7 nitrogen and oxygen atoms in total. The molecule has 0 bridgehead atoms. The topological polar surface area (TPSA) is 85.0 Å². The first-order valence-corrected chi connectivity index (χ1v) is 8.70. The summed E-state index contributed by atoms with van der Waals surface area (Å²) in [5.41, 5.74) is 6.88. The average Bonchev–Trinajstić information content (AvgIpc) is 2.63. The Kier molecular flexibility index (Phi) is 11.5. The molecule has 2 rings (SSSR count). The molecule has 0 unspecified atom stereocenters. The van der Waals surface area contributed by atoms with Gasteiger partial charge in [0.1, 0.15) is 0 Å². The molecule has 8 heteroatoms. The summed E-state index contributed by atoms with van der Waals surface area (Å²) in [6.45, 7) is 8.78. The van der Waals surface area contributed by atoms with Crippen molar-refractivity contribution >= 4 is 29.9 Å². The predicted molar refractivity (Wildman–Crippen MR) is 111 cm³/mol. The summed E-state index contributed by atoms with van der Waals surface area (Å²) in [6, 6.07) is 3.85. The number of aromatic nitrogens is 1. The summed E-state index contributed by atoms with van der Waals surface area (Å²) in [7, 11) is 0. The molecular weight excluding hydrogens is 433 g/mol. The Morgan fingerprint density at radius 3 is 3.00 bits per heavy atom. The van der Waals surface area contributed by atoms with Gasteiger partial charge < -0.3 is 20.5 Å². The summed E-state index contributed by atoms with van der Waals surface area (Å²) in [4.78, 5) is 11.0. The van der Waals surface area contributed by atoms with Crippen molar-refractivity contribution in [3.05, 3.63) is 23.9 Å². The van der Waals surface area contributed by atoms with Gasteiger partial charge in [0.25, 0.3) is 0 Å². The van der Waals surface area contributed by atoms with Crippen LogP contribution in [0.15, 0.2) is 23.3 Å². The third-order valence-electron chi connectivity index (χ3n) is 3.77. The van der Waals surface area contributed by atoms with Crippen LogP contribution >= 0.6 is 24.0 Å². The first-order chi connectivity index (χ1) is 11.8. The summed E-state index contributed by atoms with van der Waals surface area (Å²) >= 11 is 0. The van der Waals surface area contributed by atoms with E-state index in [0.29, 0.717) is 25.0 Å². The summed E-state index contributed by atoms with van der Waals surface area (Å²) in [6.07, 6.45) is 3.71. The Morgan fingerprint density at radius 2 is 2.24 bits per heavy atom. The van der Waals surface area contributed by atoms with E-state index in [9.17, 15) is 0 Å². The maximum absolute atomic E-state index is 5.94. The fourth-order valence-corrected chi connectivity index (χ4v) is 2.44. The van der Waals surface area contributed by atoms with Crippen LogP contribution in [0.25, 0.3) is 0 Å². The minimum atomic E-state index is 0. The van der Waals surface area contributed by atoms with E-state index >= 15 is 0 Å². The van der Waals surface area contributed by atoms with Gasteiger partial charge in [-0.15, -0.1) is 24.0 Å². The molecule has 1 aromatic rings. The molecule has 1 fully saturated rings. The second-order valence-electron chi connectivity index (χ2n) is 5.75. The molecule has 1 aromatic heterocycles. The Balaban J connectivity index is 0.00000312. The second kappa shape index (κ2) is 13.1. The van der Waals surface area contributed by atoms with Gasteiger partial charge in [0.2, 0.25) is 5.88 Å². The van der Waals surface area contributed by atoms with E-state index in [1.165, 1.54) is 0 Å². The van der Waals surface area contributed by atoms with Crippen molar-refractivity contribution in [2.24, 2.45) is 10.7 Å². The highest BCUT2D eigenvalue weighted by molar-refractivity contribution is 14.0. The summed E-state index contributed by atoms with van der Waals surface area (Å²) in [5, 5.41) is 3.16. The summed E-state index contributed by atoms with van der Waals surface area (Å²) < 4.78 is 11.0. The van der Waals surface area contributed by atoms with Crippen LogP contribution < -0.4 is 15.8 Å². The van der Waals surface area contributed by atoms with Gasteiger partial charge >= 0.3 is 0 Å². The van der Waals surface area contributed by atoms with Crippen molar-refractivity contribution < 1.29 is 9.47 Å². The SMILES string of the molecule is CCCOc1ncccc1CN=C(N)NCCCN1CCOCC1.I. The molecule has 0 aromatic carbocycles. The summed E-state index contributed by atoms with van der Waals surface area (Å²) in [5.74, 6) is 1.10. The van der Waals surface area contributed by atoms with Crippen molar-refractivity contribution in [2.75, 3.05) is 46.0 Å². The van der Waals surface area contributed by atoms with Crippen molar-refractivity contribution in [3.8, 4) is 5.88 Å². The molecule has 0 radical (unpaired) electrons. The lowest BCUT2D eigenvalue weighted by Gasteiger charge is -2.26. The first kappa shape index (κ1) is 21.9. The lowest BCUT2D eigenvalue weighted by atomic mass is 10.3. The fraction of sp³-hybridized carbons (Fsp3) is 0.647. The Bertz CT molecular complexity index is 510. The number of ether oxygens (including phenoxy) is 2. The third kappa shape index (κ3) is 8.68. The number of guanidine groups is 1. The van der Waals surface area contributed by atoms with E-state index in [4.69, 9.17) is 15.2 Å². The maximum atomic E-state index is 5.94. The number of nitrogens with zero attached hydrogens (tertiary/aromatic N) is 3. The lowest BCUT2D eigenvalue weighted by molar-refractivity contribution is 0.0376. The Hall–Kier alpha value is -1.13. The largest absolute Gasteiger partial charge is 0.477 e. The van der Waals surface area contributed by atoms with Gasteiger partial charge in [0.15, 0.2) is 5.96 Å². The Labute approximate surface area is 167 Å². The van der Waals surface area contributed by atoms with E-state index in [1.54, 1.807) is 6.20 Å². The molecule has 0 saturated carbocycles. The molecule has 3 N–H and O–H groups in total. The first-order valence-electron chi connectivity index (χ1n) is 8.70. The van der Waals surface area contributed by atoms with Crippen LogP contribution in [0.1, 0.15) is 25.3 Å². The normalized spacial score (nSPS) is 15.5. The fourth-order valence-electron chi connectivity index (χ4n) is 2.44. The number of morpholine rings is 1. The van der Waals surface area contributed by atoms with E-state index < -0.39 is 0 Å². The van der Waals surface area contributed by atoms with E-state index in [-0.39, 0.29) is 24.0 Å². The molecule has 2 heterocycles. The number of nitrogens with one attached hydrogen (secondary N) is 1. The number of pyridine rings is 1. The van der Waals surface area contributed by atoms with Crippen molar-refractivity contribution in [1.29, 1.82) is 0 Å². The van der Waals surface area contributed by atoms with Crippen LogP contribution in [-0.2, 0) is 11.3 Å². The lowest BCUT2D eigenvalue weighted by Crippen LogP contribution is -2.39. The smallest absolute Gasteiger partial charge is 0.218 e. The highest BCUT2D eigenvalue weighted by atomic mass is 127. The number of rotatable bonds is 9. The van der Waals surface area contributed by atoms with Gasteiger partial charge in [-0.3, -0.25) is 4.90 Å². The predicted octanol–water partition coefficient (Wildman–Crippen LogP) is 1.61. The zero-order chi connectivity index (χ0) is 17.0. The maximum Gasteiger partial charge on any atom is 0.218 e. The van der Waals surface area contributed by atoms with Crippen LogP contribution in [0, 0.1) is 0 Å². The highest BCUT2D eigenvalue weighted by Crippen LogP contribution is 2.15. The standard InChI is InChI=1S/C17H29N5O2.HI/c1-2-11-24-16-15(5-3-6-19-16)14-21-17(18)20-7-4-8-22-9-12-23-13-10-22;/h3,5-6H,2,4,7-14H2,1H3,(H3,18,20,21);1H. The number of aliphatic imine (C=N–C) groups is 1. The zero-order valence-corrected chi connectivity index (χ0v) is 17.3. The number of nitrogens with two attached hydrogens (primary N) is 1. The van der Waals surface area contributed by atoms with Crippen LogP contribution in [0.4, 0.5) is 0 Å². The van der Waals surface area contributed by atoms with Crippen LogP contribution in [0.5, 0.6) is 5.88 Å². The van der Waals surface area contributed by atoms with Gasteiger partial charge in [-0.2, -0.15) is 0 Å². The van der Waals surface area contributed by atoms with Gasteiger partial charge in [-0.05, 0) is 25.5 Å². The van der Waals surface area contributed by atoms with Gasteiger partial charge in [-0.1, -0.05) is 13.0 Å². The molecule has 0 amide bonds. The van der Waals surface area contributed by atoms with Crippen LogP contribution in [0.2, 0.25) is 0 Å². The van der Waals surface area contributed by atoms with E-state index in [2.05, 4.69) is 27.1 Å². The van der Waals surface area contributed by atoms with Crippen molar-refractivity contribution in [2.45, 2.75) is 26.3 Å².